The van der Waals surface area contributed by atoms with E-state index in [0.717, 1.165) is 79.1 Å². The minimum Gasteiger partial charge on any atom is -0.335 e. The molecule has 8 rings (SSSR count). The molecule has 2 heterocycles. The lowest BCUT2D eigenvalue weighted by Crippen LogP contribution is -2.49. The zero-order chi connectivity index (χ0) is 30.4. The molecule has 5 aliphatic rings. The van der Waals surface area contributed by atoms with Crippen molar-refractivity contribution in [2.24, 2.45) is 29.6 Å². The molecule has 8 heteroatoms. The van der Waals surface area contributed by atoms with E-state index in [9.17, 15) is 4.79 Å². The number of benzene rings is 2. The van der Waals surface area contributed by atoms with E-state index in [1.807, 2.05) is 42.2 Å². The number of piperazine rings is 1. The zero-order valence-corrected chi connectivity index (χ0v) is 27.9. The normalized spacial score (nSPS) is 26.5. The van der Waals surface area contributed by atoms with E-state index in [0.29, 0.717) is 26.4 Å². The van der Waals surface area contributed by atoms with Crippen LogP contribution in [0.5, 0.6) is 0 Å². The highest BCUT2D eigenvalue weighted by Gasteiger charge is 2.47. The summed E-state index contributed by atoms with van der Waals surface area (Å²) >= 11 is 19.0. The fourth-order valence-corrected chi connectivity index (χ4v) is 9.81. The average Bonchev–Trinajstić information content (AvgIpc) is 3.34. The molecule has 234 valence electrons. The van der Waals surface area contributed by atoms with Crippen molar-refractivity contribution in [3.8, 4) is 16.9 Å². The summed E-state index contributed by atoms with van der Waals surface area (Å²) in [5.41, 5.74) is 3.69. The molecule has 1 aromatic heterocycles. The molecule has 0 N–H and O–H groups in total. The number of carbonyl (C=O) groups excluding carboxylic acids is 1. The number of rotatable bonds is 9. The van der Waals surface area contributed by atoms with Crippen molar-refractivity contribution in [1.82, 2.24) is 19.6 Å². The van der Waals surface area contributed by atoms with Gasteiger partial charge in [0.25, 0.3) is 5.91 Å². The summed E-state index contributed by atoms with van der Waals surface area (Å²) in [4.78, 5) is 18.3. The fraction of sp³-hybridized carbons (Fsp3) is 0.556. The first-order chi connectivity index (χ1) is 21.3. The van der Waals surface area contributed by atoms with Crippen molar-refractivity contribution in [3.05, 3.63) is 68.8 Å². The second-order valence-electron chi connectivity index (χ2n) is 13.9. The Morgan fingerprint density at radius 3 is 2.14 bits per heavy atom. The van der Waals surface area contributed by atoms with E-state index < -0.39 is 0 Å². The maximum absolute atomic E-state index is 13.9. The summed E-state index contributed by atoms with van der Waals surface area (Å²) in [5.74, 6) is 5.25. The van der Waals surface area contributed by atoms with Crippen LogP contribution >= 0.6 is 34.8 Å². The van der Waals surface area contributed by atoms with Crippen LogP contribution in [0.2, 0.25) is 15.1 Å². The molecule has 2 aromatic carbocycles. The van der Waals surface area contributed by atoms with Crippen LogP contribution in [0.25, 0.3) is 16.9 Å². The van der Waals surface area contributed by atoms with Crippen LogP contribution in [0.15, 0.2) is 42.5 Å². The number of nitrogens with zero attached hydrogens (tertiary/aromatic N) is 4. The Bertz CT molecular complexity index is 1470. The van der Waals surface area contributed by atoms with Crippen LogP contribution in [0.1, 0.15) is 73.8 Å². The van der Waals surface area contributed by atoms with Gasteiger partial charge in [0, 0.05) is 47.4 Å². The molecule has 0 unspecified atom stereocenters. The lowest BCUT2D eigenvalue weighted by atomic mass is 9.51. The third-order valence-electron chi connectivity index (χ3n) is 11.2. The zero-order valence-electron chi connectivity index (χ0n) is 25.7. The van der Waals surface area contributed by atoms with Gasteiger partial charge in [-0.3, -0.25) is 9.69 Å². The molecule has 4 aliphatic carbocycles. The molecule has 4 saturated carbocycles. The predicted molar refractivity (Wildman–Crippen MR) is 180 cm³/mol. The highest BCUT2D eigenvalue weighted by Crippen LogP contribution is 2.57. The monoisotopic (exact) mass is 652 g/mol. The molecule has 5 nitrogen and oxygen atoms in total. The molecule has 0 radical (unpaired) electrons. The van der Waals surface area contributed by atoms with Gasteiger partial charge in [0.1, 0.15) is 0 Å². The van der Waals surface area contributed by atoms with Gasteiger partial charge in [0.05, 0.1) is 16.4 Å². The summed E-state index contributed by atoms with van der Waals surface area (Å²) in [7, 11) is 0. The molecular weight excluding hydrogens is 611 g/mol. The van der Waals surface area contributed by atoms with Gasteiger partial charge in [-0.1, -0.05) is 59.8 Å². The van der Waals surface area contributed by atoms with Gasteiger partial charge in [-0.15, -0.1) is 0 Å². The van der Waals surface area contributed by atoms with E-state index in [2.05, 4.69) is 4.90 Å². The highest BCUT2D eigenvalue weighted by molar-refractivity contribution is 6.35. The van der Waals surface area contributed by atoms with Crippen LogP contribution in [0, 0.1) is 36.5 Å². The standard InChI is InChI=1S/C36H43Cl3N4O/c1-23-34(40-43(33-11-10-30(38)22-32(33)39)35(23)26-6-8-29(37)9-7-26)36(44)42-15-13-41(14-16-42)12-4-2-3-5-31-27-18-24-17-25(20-27)21-28(31)19-24/h6-11,22,24-25,27-28,31H,2-5,12-21H2,1H3. The smallest absolute Gasteiger partial charge is 0.274 e. The molecule has 1 saturated heterocycles. The molecule has 0 spiro atoms. The molecule has 0 atom stereocenters. The third kappa shape index (κ3) is 6.19. The first kappa shape index (κ1) is 30.6. The molecule has 44 heavy (non-hydrogen) atoms. The van der Waals surface area contributed by atoms with Crippen LogP contribution in [-0.4, -0.2) is 58.2 Å². The second-order valence-corrected chi connectivity index (χ2v) is 15.2. The lowest BCUT2D eigenvalue weighted by Gasteiger charge is -2.54. The molecular formula is C36H43Cl3N4O. The van der Waals surface area contributed by atoms with E-state index in [1.165, 1.54) is 51.4 Å². The van der Waals surface area contributed by atoms with Crippen molar-refractivity contribution in [3.63, 3.8) is 0 Å². The maximum atomic E-state index is 13.9. The number of hydrogen-bond donors (Lipinski definition) is 0. The van der Waals surface area contributed by atoms with Crippen molar-refractivity contribution < 1.29 is 4.79 Å². The Kier molecular flexibility index (Phi) is 9.03. The summed E-state index contributed by atoms with van der Waals surface area (Å²) in [6, 6.07) is 12.9. The molecule has 1 amide bonds. The molecule has 4 bridgehead atoms. The number of carbonyl (C=O) groups is 1. The van der Waals surface area contributed by atoms with Crippen LogP contribution in [0.3, 0.4) is 0 Å². The Hall–Kier alpha value is -2.05. The predicted octanol–water partition coefficient (Wildman–Crippen LogP) is 9.20. The Balaban J connectivity index is 0.954. The molecule has 1 aliphatic heterocycles. The van der Waals surface area contributed by atoms with E-state index >= 15 is 0 Å². The van der Waals surface area contributed by atoms with Crippen molar-refractivity contribution in [1.29, 1.82) is 0 Å². The van der Waals surface area contributed by atoms with Crippen molar-refractivity contribution >= 4 is 40.7 Å². The Morgan fingerprint density at radius 2 is 1.48 bits per heavy atom. The number of hydrogen-bond acceptors (Lipinski definition) is 3. The molecule has 3 aromatic rings. The quantitative estimate of drug-likeness (QED) is 0.216. The van der Waals surface area contributed by atoms with Crippen molar-refractivity contribution in [2.75, 3.05) is 32.7 Å². The van der Waals surface area contributed by atoms with Gasteiger partial charge in [-0.25, -0.2) is 4.68 Å². The SMILES string of the molecule is Cc1c(C(=O)N2CCN(CCCCCC3C4CC5CC(C4)CC3C5)CC2)nn(-c2ccc(Cl)cc2Cl)c1-c1ccc(Cl)cc1. The van der Waals surface area contributed by atoms with Gasteiger partial charge < -0.3 is 4.90 Å². The summed E-state index contributed by atoms with van der Waals surface area (Å²) in [6.45, 7) is 6.35. The van der Waals surface area contributed by atoms with Gasteiger partial charge in [0.15, 0.2) is 5.69 Å². The second kappa shape index (κ2) is 13.0. The number of amides is 1. The van der Waals surface area contributed by atoms with Gasteiger partial charge in [-0.05, 0) is 118 Å². The first-order valence-corrected chi connectivity index (χ1v) is 17.8. The maximum Gasteiger partial charge on any atom is 0.274 e. The largest absolute Gasteiger partial charge is 0.335 e. The fourth-order valence-electron chi connectivity index (χ4n) is 9.20. The van der Waals surface area contributed by atoms with Gasteiger partial charge in [0.2, 0.25) is 0 Å². The van der Waals surface area contributed by atoms with E-state index in [-0.39, 0.29) is 5.91 Å². The number of halogens is 3. The minimum atomic E-state index is -0.0307. The Morgan fingerprint density at radius 1 is 0.818 bits per heavy atom. The van der Waals surface area contributed by atoms with Gasteiger partial charge >= 0.3 is 0 Å². The average molecular weight is 654 g/mol. The summed E-state index contributed by atoms with van der Waals surface area (Å²) in [5, 5.41) is 6.52. The minimum absolute atomic E-state index is 0.0307. The van der Waals surface area contributed by atoms with Crippen LogP contribution in [0.4, 0.5) is 0 Å². The summed E-state index contributed by atoms with van der Waals surface area (Å²) in [6.07, 6.45) is 13.1. The summed E-state index contributed by atoms with van der Waals surface area (Å²) < 4.78 is 1.77. The number of aromatic nitrogens is 2. The van der Waals surface area contributed by atoms with Crippen molar-refractivity contribution in [2.45, 2.75) is 64.7 Å². The first-order valence-electron chi connectivity index (χ1n) is 16.7. The van der Waals surface area contributed by atoms with E-state index in [1.54, 1.807) is 23.2 Å². The third-order valence-corrected chi connectivity index (χ3v) is 12.0. The van der Waals surface area contributed by atoms with Crippen LogP contribution in [-0.2, 0) is 0 Å². The van der Waals surface area contributed by atoms with Gasteiger partial charge in [-0.2, -0.15) is 5.10 Å². The van der Waals surface area contributed by atoms with E-state index in [4.69, 9.17) is 39.9 Å². The Labute approximate surface area is 276 Å². The topological polar surface area (TPSA) is 41.4 Å². The lowest BCUT2D eigenvalue weighted by molar-refractivity contribution is -0.0405. The van der Waals surface area contributed by atoms with Crippen LogP contribution < -0.4 is 0 Å². The molecule has 5 fully saturated rings. The highest BCUT2D eigenvalue weighted by atomic mass is 35.5. The number of unbranched alkanes of at least 4 members (excludes halogenated alkanes) is 2.